The fourth-order valence-corrected chi connectivity index (χ4v) is 3.00. The fourth-order valence-electron chi connectivity index (χ4n) is 3.00. The van der Waals surface area contributed by atoms with Crippen molar-refractivity contribution < 1.29 is 24.2 Å². The molecule has 7 heteroatoms. The molecule has 1 heterocycles. The second-order valence-corrected chi connectivity index (χ2v) is 6.35. The largest absolute Gasteiger partial charge is 0.480 e. The van der Waals surface area contributed by atoms with E-state index in [0.29, 0.717) is 0 Å². The zero-order chi connectivity index (χ0) is 18.6. The van der Waals surface area contributed by atoms with Crippen LogP contribution in [0.2, 0.25) is 0 Å². The van der Waals surface area contributed by atoms with Gasteiger partial charge in [-0.05, 0) is 25.0 Å². The Kier molecular flexibility index (Phi) is 6.01. The minimum Gasteiger partial charge on any atom is -0.480 e. The lowest BCUT2D eigenvalue weighted by atomic mass is 9.94. The molecule has 0 saturated heterocycles. The van der Waals surface area contributed by atoms with Gasteiger partial charge in [0.05, 0.1) is 13.5 Å². The first-order valence-electron chi connectivity index (χ1n) is 8.28. The molecule has 1 aliphatic heterocycles. The van der Waals surface area contributed by atoms with Gasteiger partial charge in [-0.1, -0.05) is 24.3 Å². The summed E-state index contributed by atoms with van der Waals surface area (Å²) in [6.07, 6.45) is 0.350. The van der Waals surface area contributed by atoms with E-state index < -0.39 is 18.0 Å². The van der Waals surface area contributed by atoms with Crippen molar-refractivity contribution in [2.45, 2.75) is 45.3 Å². The van der Waals surface area contributed by atoms with E-state index in [1.54, 1.807) is 0 Å². The molecule has 7 nitrogen and oxygen atoms in total. The van der Waals surface area contributed by atoms with Gasteiger partial charge in [-0.15, -0.1) is 0 Å². The second-order valence-electron chi connectivity index (χ2n) is 6.35. The van der Waals surface area contributed by atoms with Gasteiger partial charge in [0.1, 0.15) is 6.04 Å². The van der Waals surface area contributed by atoms with E-state index in [2.05, 4.69) is 4.74 Å². The Balaban J connectivity index is 2.24. The molecule has 0 aromatic heterocycles. The van der Waals surface area contributed by atoms with Crippen LogP contribution in [0.15, 0.2) is 24.3 Å². The molecule has 25 heavy (non-hydrogen) atoms. The van der Waals surface area contributed by atoms with Crippen LogP contribution in [0.1, 0.15) is 31.4 Å². The van der Waals surface area contributed by atoms with E-state index in [4.69, 9.17) is 0 Å². The number of hydrogen-bond acceptors (Lipinski definition) is 4. The maximum Gasteiger partial charge on any atom is 0.326 e. The number of aliphatic carboxylic acids is 1. The summed E-state index contributed by atoms with van der Waals surface area (Å²) in [4.78, 5) is 39.0. The molecule has 0 fully saturated rings. The number of carboxylic acid groups (broad SMARTS) is 1. The van der Waals surface area contributed by atoms with Crippen LogP contribution in [0.4, 0.5) is 4.79 Å². The van der Waals surface area contributed by atoms with E-state index in [0.717, 1.165) is 11.1 Å². The average molecular weight is 348 g/mol. The summed E-state index contributed by atoms with van der Waals surface area (Å²) in [5, 5.41) is 9.57. The Hall–Kier alpha value is -2.57. The topological polar surface area (TPSA) is 87.2 Å². The number of hydrogen-bond donors (Lipinski definition) is 1. The van der Waals surface area contributed by atoms with Gasteiger partial charge in [0.25, 0.3) is 0 Å². The third-order valence-corrected chi connectivity index (χ3v) is 4.43. The number of carboxylic acids is 1. The molecule has 1 N–H and O–H groups in total. The molecule has 2 amide bonds. The van der Waals surface area contributed by atoms with Gasteiger partial charge >= 0.3 is 18.0 Å². The number of fused-ring (bicyclic) bond motifs is 1. The molecule has 0 saturated carbocycles. The Morgan fingerprint density at radius 1 is 1.28 bits per heavy atom. The van der Waals surface area contributed by atoms with Crippen LogP contribution < -0.4 is 0 Å². The number of amides is 2. The summed E-state index contributed by atoms with van der Waals surface area (Å²) in [7, 11) is 1.30. The molecule has 0 unspecified atom stereocenters. The van der Waals surface area contributed by atoms with Gasteiger partial charge in [0, 0.05) is 25.6 Å². The van der Waals surface area contributed by atoms with Gasteiger partial charge in [0.15, 0.2) is 0 Å². The highest BCUT2D eigenvalue weighted by Crippen LogP contribution is 2.25. The number of rotatable bonds is 5. The van der Waals surface area contributed by atoms with Crippen molar-refractivity contribution in [2.24, 2.45) is 0 Å². The smallest absolute Gasteiger partial charge is 0.326 e. The van der Waals surface area contributed by atoms with Crippen molar-refractivity contribution in [1.82, 2.24) is 9.80 Å². The van der Waals surface area contributed by atoms with Crippen LogP contribution in [0, 0.1) is 0 Å². The first-order valence-corrected chi connectivity index (χ1v) is 8.28. The molecule has 0 radical (unpaired) electrons. The summed E-state index contributed by atoms with van der Waals surface area (Å²) < 4.78 is 4.63. The second kappa shape index (κ2) is 8.00. The number of methoxy groups -OCH3 is 1. The number of esters is 1. The van der Waals surface area contributed by atoms with Crippen molar-refractivity contribution in [3.63, 3.8) is 0 Å². The number of carbonyl (C=O) groups excluding carboxylic acids is 2. The maximum atomic E-state index is 13.0. The van der Waals surface area contributed by atoms with Crippen molar-refractivity contribution in [1.29, 1.82) is 0 Å². The van der Waals surface area contributed by atoms with E-state index in [9.17, 15) is 19.5 Å². The zero-order valence-corrected chi connectivity index (χ0v) is 14.8. The SMILES string of the molecule is COC(=O)CCN(C(=O)N1Cc2ccccc2C[C@H]1C(=O)O)C(C)C. The van der Waals surface area contributed by atoms with Gasteiger partial charge in [-0.25, -0.2) is 9.59 Å². The van der Waals surface area contributed by atoms with Crippen molar-refractivity contribution in [2.75, 3.05) is 13.7 Å². The minimum atomic E-state index is -1.03. The molecular formula is C18H24N2O5. The van der Waals surface area contributed by atoms with Crippen LogP contribution >= 0.6 is 0 Å². The van der Waals surface area contributed by atoms with Gasteiger partial charge in [-0.2, -0.15) is 0 Å². The molecule has 0 aliphatic carbocycles. The Bertz CT molecular complexity index is 659. The number of nitrogens with zero attached hydrogens (tertiary/aromatic N) is 2. The summed E-state index contributed by atoms with van der Waals surface area (Å²) >= 11 is 0. The summed E-state index contributed by atoms with van der Waals surface area (Å²) in [5.41, 5.74) is 1.90. The Labute approximate surface area is 147 Å². The van der Waals surface area contributed by atoms with E-state index in [-0.39, 0.29) is 38.0 Å². The lowest BCUT2D eigenvalue weighted by molar-refractivity contribution is -0.143. The van der Waals surface area contributed by atoms with Crippen LogP contribution in [0.5, 0.6) is 0 Å². The molecule has 136 valence electrons. The molecule has 1 atom stereocenters. The van der Waals surface area contributed by atoms with Crippen LogP contribution in [0.3, 0.4) is 0 Å². The van der Waals surface area contributed by atoms with E-state index in [1.807, 2.05) is 38.1 Å². The minimum absolute atomic E-state index is 0.0720. The Morgan fingerprint density at radius 3 is 2.48 bits per heavy atom. The number of carbonyl (C=O) groups is 3. The van der Waals surface area contributed by atoms with Gasteiger partial charge in [-0.3, -0.25) is 4.79 Å². The molecule has 2 rings (SSSR count). The summed E-state index contributed by atoms with van der Waals surface area (Å²) in [5.74, 6) is -1.43. The van der Waals surface area contributed by atoms with Gasteiger partial charge < -0.3 is 19.6 Å². The highest BCUT2D eigenvalue weighted by Gasteiger charge is 2.37. The zero-order valence-electron chi connectivity index (χ0n) is 14.8. The van der Waals surface area contributed by atoms with Crippen LogP contribution in [0.25, 0.3) is 0 Å². The normalized spacial score (nSPS) is 16.3. The molecular weight excluding hydrogens is 324 g/mol. The first kappa shape index (κ1) is 18.8. The number of ether oxygens (including phenoxy) is 1. The predicted octanol–water partition coefficient (Wildman–Crippen LogP) is 1.89. The van der Waals surface area contributed by atoms with Crippen LogP contribution in [-0.4, -0.2) is 58.6 Å². The van der Waals surface area contributed by atoms with E-state index >= 15 is 0 Å². The molecule has 0 spiro atoms. The lowest BCUT2D eigenvalue weighted by Gasteiger charge is -2.39. The van der Waals surface area contributed by atoms with Crippen molar-refractivity contribution in [3.05, 3.63) is 35.4 Å². The standard InChI is InChI=1S/C18H24N2O5/c1-12(2)19(9-8-16(21)25-3)18(24)20-11-14-7-5-4-6-13(14)10-15(20)17(22)23/h4-7,12,15H,8-11H2,1-3H3,(H,22,23)/t15-/m0/s1. The third kappa shape index (κ3) is 4.29. The summed E-state index contributed by atoms with van der Waals surface area (Å²) in [6, 6.07) is 6.09. The van der Waals surface area contributed by atoms with Gasteiger partial charge in [0.2, 0.25) is 0 Å². The number of benzene rings is 1. The van der Waals surface area contributed by atoms with E-state index in [1.165, 1.54) is 16.9 Å². The van der Waals surface area contributed by atoms with Crippen molar-refractivity contribution >= 4 is 18.0 Å². The highest BCUT2D eigenvalue weighted by atomic mass is 16.5. The average Bonchev–Trinajstić information content (AvgIpc) is 2.59. The quantitative estimate of drug-likeness (QED) is 0.821. The third-order valence-electron chi connectivity index (χ3n) is 4.43. The molecule has 1 aliphatic rings. The fraction of sp³-hybridized carbons (Fsp3) is 0.500. The van der Waals surface area contributed by atoms with Crippen LogP contribution in [-0.2, 0) is 27.3 Å². The maximum absolute atomic E-state index is 13.0. The summed E-state index contributed by atoms with van der Waals surface area (Å²) in [6.45, 7) is 4.10. The Morgan fingerprint density at radius 2 is 1.92 bits per heavy atom. The number of urea groups is 1. The first-order chi connectivity index (χ1) is 11.8. The molecule has 1 aromatic rings. The predicted molar refractivity (Wildman–Crippen MR) is 91.0 cm³/mol. The molecule has 0 bridgehead atoms. The lowest BCUT2D eigenvalue weighted by Crippen LogP contribution is -2.55. The highest BCUT2D eigenvalue weighted by molar-refractivity contribution is 5.84. The monoisotopic (exact) mass is 348 g/mol. The molecule has 1 aromatic carbocycles. The van der Waals surface area contributed by atoms with Crippen molar-refractivity contribution in [3.8, 4) is 0 Å².